The number of aliphatic hydroxyl groups is 2. The van der Waals surface area contributed by atoms with E-state index in [2.05, 4.69) is 4.90 Å². The topological polar surface area (TPSA) is 135 Å². The molecule has 0 saturated carbocycles. The summed E-state index contributed by atoms with van der Waals surface area (Å²) in [4.78, 5) is 40.2. The van der Waals surface area contributed by atoms with Crippen LogP contribution in [0.15, 0.2) is 47.0 Å². The summed E-state index contributed by atoms with van der Waals surface area (Å²) in [7, 11) is 2.72. The molecule has 4 unspecified atom stereocenters. The van der Waals surface area contributed by atoms with E-state index in [9.17, 15) is 14.4 Å². The molecule has 0 bridgehead atoms. The molecule has 4 atom stereocenters. The fourth-order valence-electron chi connectivity index (χ4n) is 5.97. The summed E-state index contributed by atoms with van der Waals surface area (Å²) in [5.41, 5.74) is 2.81. The Morgan fingerprint density at radius 2 is 1.38 bits per heavy atom. The molecule has 11 heteroatoms. The van der Waals surface area contributed by atoms with Gasteiger partial charge in [0.25, 0.3) is 0 Å². The maximum absolute atomic E-state index is 12.9. The highest BCUT2D eigenvalue weighted by Gasteiger charge is 2.42. The maximum Gasteiger partial charge on any atom is 0.337 e. The number of fused-ring (bicyclic) bond motifs is 2. The fourth-order valence-corrected chi connectivity index (χ4v) is 5.97. The van der Waals surface area contributed by atoms with Gasteiger partial charge in [0.05, 0.1) is 64.3 Å². The van der Waals surface area contributed by atoms with Crippen molar-refractivity contribution in [2.45, 2.75) is 12.8 Å². The zero-order valence-corrected chi connectivity index (χ0v) is 22.5. The van der Waals surface area contributed by atoms with E-state index in [1.807, 2.05) is 17.1 Å². The zero-order valence-electron chi connectivity index (χ0n) is 22.5. The van der Waals surface area contributed by atoms with Gasteiger partial charge in [0, 0.05) is 62.0 Å². The molecule has 3 heterocycles. The normalized spacial score (nSPS) is 27.6. The first-order chi connectivity index (χ1) is 18.9. The lowest BCUT2D eigenvalue weighted by Crippen LogP contribution is -2.50. The van der Waals surface area contributed by atoms with Crippen LogP contribution in [0.2, 0.25) is 0 Å². The SMILES string of the molecule is COC(=O)C1=COCC2C(C(=O)N3CCN(CCO)CC3)=CCC12.COC(=O)C1=COCC2C(CO)=CCC12. The van der Waals surface area contributed by atoms with E-state index in [4.69, 9.17) is 29.2 Å². The van der Waals surface area contributed by atoms with Gasteiger partial charge in [0.2, 0.25) is 5.91 Å². The highest BCUT2D eigenvalue weighted by Crippen LogP contribution is 2.41. The third-order valence-corrected chi connectivity index (χ3v) is 8.19. The highest BCUT2D eigenvalue weighted by atomic mass is 16.5. The smallest absolute Gasteiger partial charge is 0.337 e. The molecule has 2 N–H and O–H groups in total. The molecule has 0 aromatic rings. The number of rotatable bonds is 6. The van der Waals surface area contributed by atoms with Crippen molar-refractivity contribution < 1.29 is 43.5 Å². The number of allylic oxidation sites excluding steroid dienone is 2. The molecule has 1 fully saturated rings. The van der Waals surface area contributed by atoms with Crippen molar-refractivity contribution in [1.82, 2.24) is 9.80 Å². The van der Waals surface area contributed by atoms with Crippen molar-refractivity contribution in [3.8, 4) is 0 Å². The third-order valence-electron chi connectivity index (χ3n) is 8.19. The zero-order chi connectivity index (χ0) is 27.9. The Balaban J connectivity index is 0.000000202. The van der Waals surface area contributed by atoms with Crippen LogP contribution in [0.25, 0.3) is 0 Å². The first-order valence-electron chi connectivity index (χ1n) is 13.4. The molecule has 0 radical (unpaired) electrons. The van der Waals surface area contributed by atoms with Crippen LogP contribution in [0.4, 0.5) is 0 Å². The van der Waals surface area contributed by atoms with E-state index in [1.165, 1.54) is 26.7 Å². The quantitative estimate of drug-likeness (QED) is 0.356. The van der Waals surface area contributed by atoms with Crippen molar-refractivity contribution in [1.29, 1.82) is 0 Å². The van der Waals surface area contributed by atoms with E-state index in [0.29, 0.717) is 50.4 Å². The summed E-state index contributed by atoms with van der Waals surface area (Å²) >= 11 is 0. The van der Waals surface area contributed by atoms with Crippen molar-refractivity contribution in [3.63, 3.8) is 0 Å². The Morgan fingerprint density at radius 1 is 0.821 bits per heavy atom. The van der Waals surface area contributed by atoms with Gasteiger partial charge in [-0.1, -0.05) is 12.2 Å². The van der Waals surface area contributed by atoms with Crippen molar-refractivity contribution >= 4 is 17.8 Å². The van der Waals surface area contributed by atoms with Gasteiger partial charge in [-0.3, -0.25) is 9.69 Å². The molecular formula is C28H38N2O9. The molecule has 0 spiro atoms. The summed E-state index contributed by atoms with van der Waals surface area (Å²) in [6.45, 7) is 4.67. The first-order valence-corrected chi connectivity index (χ1v) is 13.4. The molecule has 1 amide bonds. The van der Waals surface area contributed by atoms with Gasteiger partial charge < -0.3 is 34.1 Å². The predicted molar refractivity (Wildman–Crippen MR) is 139 cm³/mol. The summed E-state index contributed by atoms with van der Waals surface area (Å²) < 4.78 is 20.2. The molecular weight excluding hydrogens is 508 g/mol. The Kier molecular flexibility index (Phi) is 9.82. The van der Waals surface area contributed by atoms with E-state index >= 15 is 0 Å². The molecule has 3 aliphatic heterocycles. The van der Waals surface area contributed by atoms with Crippen LogP contribution in [-0.4, -0.2) is 111 Å². The lowest BCUT2D eigenvalue weighted by atomic mass is 9.84. The second kappa shape index (κ2) is 13.3. The van der Waals surface area contributed by atoms with Crippen LogP contribution >= 0.6 is 0 Å². The highest BCUT2D eigenvalue weighted by molar-refractivity contribution is 5.96. The van der Waals surface area contributed by atoms with Crippen LogP contribution in [0.1, 0.15) is 12.8 Å². The van der Waals surface area contributed by atoms with Crippen LogP contribution in [0.3, 0.4) is 0 Å². The second-order valence-corrected chi connectivity index (χ2v) is 10.1. The third kappa shape index (κ3) is 6.21. The number of ether oxygens (including phenoxy) is 4. The average molecular weight is 547 g/mol. The Morgan fingerprint density at radius 3 is 1.95 bits per heavy atom. The summed E-state index contributed by atoms with van der Waals surface area (Å²) in [5.74, 6) is -0.530. The van der Waals surface area contributed by atoms with Crippen molar-refractivity contribution in [2.24, 2.45) is 23.7 Å². The van der Waals surface area contributed by atoms with Crippen LogP contribution in [0.5, 0.6) is 0 Å². The minimum atomic E-state index is -0.385. The summed E-state index contributed by atoms with van der Waals surface area (Å²) in [6, 6.07) is 0. The average Bonchev–Trinajstić information content (AvgIpc) is 3.61. The van der Waals surface area contributed by atoms with Crippen molar-refractivity contribution in [3.05, 3.63) is 47.0 Å². The minimum Gasteiger partial charge on any atom is -0.500 e. The molecule has 0 aromatic carbocycles. The Hall–Kier alpha value is -3.15. The van der Waals surface area contributed by atoms with E-state index in [0.717, 1.165) is 30.7 Å². The molecule has 5 rings (SSSR count). The number of piperazine rings is 1. The van der Waals surface area contributed by atoms with E-state index in [1.54, 1.807) is 0 Å². The number of β-amino-alcohol motifs (C(OH)–C–C–N with tert-alkyl or cyclic N) is 1. The number of esters is 2. The largest absolute Gasteiger partial charge is 0.500 e. The molecule has 1 saturated heterocycles. The maximum atomic E-state index is 12.9. The number of amides is 1. The second-order valence-electron chi connectivity index (χ2n) is 10.1. The number of carbonyl (C=O) groups is 3. The molecule has 11 nitrogen and oxygen atoms in total. The van der Waals surface area contributed by atoms with Gasteiger partial charge in [-0.2, -0.15) is 0 Å². The van der Waals surface area contributed by atoms with Gasteiger partial charge in [0.15, 0.2) is 0 Å². The lowest BCUT2D eigenvalue weighted by molar-refractivity contribution is -0.138. The van der Waals surface area contributed by atoms with Crippen LogP contribution in [-0.2, 0) is 33.3 Å². The Bertz CT molecular complexity index is 1060. The number of aliphatic hydroxyl groups excluding tert-OH is 2. The van der Waals surface area contributed by atoms with Gasteiger partial charge in [-0.25, -0.2) is 9.59 Å². The molecule has 0 aromatic heterocycles. The molecule has 214 valence electrons. The number of hydrogen-bond acceptors (Lipinski definition) is 10. The predicted octanol–water partition coefficient (Wildman–Crippen LogP) is 0.401. The van der Waals surface area contributed by atoms with E-state index in [-0.39, 0.29) is 54.7 Å². The number of carbonyl (C=O) groups excluding carboxylic acids is 3. The standard InChI is InChI=1S/C17H24N2O5.C11H14O4/c1-23-17(22)15-11-24-10-14-12(15)2-3-13(14)16(21)19-6-4-18(5-7-19)8-9-20;1-14-11(13)10-6-15-5-9-7(4-12)2-3-8(9)10/h3,11-12,14,20H,2,4-10H2,1H3;2,6,8-9,12H,3-5H2,1H3. The van der Waals surface area contributed by atoms with Crippen molar-refractivity contribution in [2.75, 3.05) is 73.4 Å². The van der Waals surface area contributed by atoms with Gasteiger partial charge in [-0.05, 0) is 18.4 Å². The fraction of sp³-hybridized carbons (Fsp3) is 0.607. The van der Waals surface area contributed by atoms with Crippen LogP contribution < -0.4 is 0 Å². The van der Waals surface area contributed by atoms with Gasteiger partial charge in [0.1, 0.15) is 0 Å². The van der Waals surface area contributed by atoms with Crippen LogP contribution in [0, 0.1) is 23.7 Å². The Labute approximate surface area is 228 Å². The van der Waals surface area contributed by atoms with Gasteiger partial charge >= 0.3 is 11.9 Å². The minimum absolute atomic E-state index is 0.0270. The first kappa shape index (κ1) is 28.8. The summed E-state index contributed by atoms with van der Waals surface area (Å²) in [6.07, 6.45) is 8.35. The number of nitrogens with zero attached hydrogens (tertiary/aromatic N) is 2. The van der Waals surface area contributed by atoms with E-state index < -0.39 is 0 Å². The molecule has 5 aliphatic rings. The molecule has 2 aliphatic carbocycles. The molecule has 39 heavy (non-hydrogen) atoms. The lowest BCUT2D eigenvalue weighted by Gasteiger charge is -2.36. The number of methoxy groups -OCH3 is 2. The summed E-state index contributed by atoms with van der Waals surface area (Å²) in [5, 5.41) is 18.1. The number of hydrogen-bond donors (Lipinski definition) is 2. The van der Waals surface area contributed by atoms with Gasteiger partial charge in [-0.15, -0.1) is 0 Å². The monoisotopic (exact) mass is 546 g/mol.